The van der Waals surface area contributed by atoms with Crippen LogP contribution in [-0.4, -0.2) is 16.7 Å². The van der Waals surface area contributed by atoms with Crippen LogP contribution in [0.15, 0.2) is 82.7 Å². The maximum absolute atomic E-state index is 13.2. The lowest BCUT2D eigenvalue weighted by Gasteiger charge is -2.13. The van der Waals surface area contributed by atoms with E-state index in [4.69, 9.17) is 21.3 Å². The van der Waals surface area contributed by atoms with Crippen LogP contribution in [0.3, 0.4) is 0 Å². The standard InChI is InChI=1S/C22H17ClN2O2S/c1-27-18-12-10-17(11-13-18)25-21(26)19-4-2-3-5-20(19)24-22(25)28-14-15-6-8-16(23)9-7-15/h2-13H,14H2,1H3. The Balaban J connectivity index is 1.80. The molecule has 0 saturated carbocycles. The summed E-state index contributed by atoms with van der Waals surface area (Å²) in [5.74, 6) is 1.42. The molecule has 1 aromatic heterocycles. The van der Waals surface area contributed by atoms with Gasteiger partial charge in [-0.1, -0.05) is 47.6 Å². The molecule has 6 heteroatoms. The number of hydrogen-bond donors (Lipinski definition) is 0. The first kappa shape index (κ1) is 18.6. The monoisotopic (exact) mass is 408 g/mol. The first-order chi connectivity index (χ1) is 13.7. The van der Waals surface area contributed by atoms with Gasteiger partial charge in [0.2, 0.25) is 0 Å². The van der Waals surface area contributed by atoms with E-state index in [1.807, 2.05) is 66.7 Å². The van der Waals surface area contributed by atoms with E-state index in [0.717, 1.165) is 17.0 Å². The summed E-state index contributed by atoms with van der Waals surface area (Å²) in [6.07, 6.45) is 0. The number of thioether (sulfide) groups is 1. The van der Waals surface area contributed by atoms with Gasteiger partial charge in [0.1, 0.15) is 5.75 Å². The maximum atomic E-state index is 13.2. The Morgan fingerprint density at radius 1 is 1.00 bits per heavy atom. The average Bonchev–Trinajstić information content (AvgIpc) is 2.74. The highest BCUT2D eigenvalue weighted by molar-refractivity contribution is 7.98. The number of aromatic nitrogens is 2. The molecule has 4 aromatic rings. The van der Waals surface area contributed by atoms with E-state index < -0.39 is 0 Å². The number of ether oxygens (including phenoxy) is 1. The topological polar surface area (TPSA) is 44.1 Å². The molecule has 0 N–H and O–H groups in total. The van der Waals surface area contributed by atoms with Gasteiger partial charge in [-0.15, -0.1) is 0 Å². The SMILES string of the molecule is COc1ccc(-n2c(SCc3ccc(Cl)cc3)nc3ccccc3c2=O)cc1. The molecule has 0 bridgehead atoms. The molecule has 140 valence electrons. The lowest BCUT2D eigenvalue weighted by Crippen LogP contribution is -2.21. The summed E-state index contributed by atoms with van der Waals surface area (Å²) >= 11 is 7.49. The number of methoxy groups -OCH3 is 1. The number of nitrogens with zero attached hydrogens (tertiary/aromatic N) is 2. The van der Waals surface area contributed by atoms with E-state index in [-0.39, 0.29) is 5.56 Å². The number of benzene rings is 3. The molecule has 0 atom stereocenters. The summed E-state index contributed by atoms with van der Waals surface area (Å²) in [6.45, 7) is 0. The first-order valence-electron chi connectivity index (χ1n) is 8.69. The van der Waals surface area contributed by atoms with Crippen molar-refractivity contribution in [1.29, 1.82) is 0 Å². The predicted molar refractivity (Wildman–Crippen MR) is 115 cm³/mol. The van der Waals surface area contributed by atoms with Crippen molar-refractivity contribution in [2.45, 2.75) is 10.9 Å². The van der Waals surface area contributed by atoms with Gasteiger partial charge < -0.3 is 4.74 Å². The van der Waals surface area contributed by atoms with E-state index in [9.17, 15) is 4.79 Å². The fraction of sp³-hybridized carbons (Fsp3) is 0.0909. The predicted octanol–water partition coefficient (Wildman–Crippen LogP) is 5.34. The third-order valence-electron chi connectivity index (χ3n) is 4.36. The molecule has 4 nitrogen and oxygen atoms in total. The average molecular weight is 409 g/mol. The minimum atomic E-state index is -0.0885. The number of hydrogen-bond acceptors (Lipinski definition) is 4. The zero-order chi connectivity index (χ0) is 19.5. The fourth-order valence-corrected chi connectivity index (χ4v) is 3.99. The summed E-state index contributed by atoms with van der Waals surface area (Å²) in [5.41, 5.74) is 2.46. The molecule has 0 fully saturated rings. The summed E-state index contributed by atoms with van der Waals surface area (Å²) in [6, 6.07) is 22.5. The molecule has 28 heavy (non-hydrogen) atoms. The Bertz CT molecular complexity index is 1170. The van der Waals surface area contributed by atoms with E-state index in [1.54, 1.807) is 17.7 Å². The van der Waals surface area contributed by atoms with E-state index >= 15 is 0 Å². The van der Waals surface area contributed by atoms with Crippen molar-refractivity contribution in [3.63, 3.8) is 0 Å². The fourth-order valence-electron chi connectivity index (χ4n) is 2.90. The molecule has 0 aliphatic rings. The molecule has 0 saturated heterocycles. The molecule has 0 spiro atoms. The molecule has 0 radical (unpaired) electrons. The van der Waals surface area contributed by atoms with Gasteiger partial charge in [-0.25, -0.2) is 4.98 Å². The highest BCUT2D eigenvalue weighted by Crippen LogP contribution is 2.26. The van der Waals surface area contributed by atoms with Gasteiger partial charge in [0.15, 0.2) is 5.16 Å². The number of fused-ring (bicyclic) bond motifs is 1. The molecule has 0 amide bonds. The molecular formula is C22H17ClN2O2S. The van der Waals surface area contributed by atoms with Crippen molar-refractivity contribution in [2.75, 3.05) is 7.11 Å². The van der Waals surface area contributed by atoms with Crippen LogP contribution in [0, 0.1) is 0 Å². The van der Waals surface area contributed by atoms with Gasteiger partial charge >= 0.3 is 0 Å². The van der Waals surface area contributed by atoms with Gasteiger partial charge in [0, 0.05) is 10.8 Å². The van der Waals surface area contributed by atoms with Crippen LogP contribution in [0.5, 0.6) is 5.75 Å². The van der Waals surface area contributed by atoms with Crippen LogP contribution >= 0.6 is 23.4 Å². The quantitative estimate of drug-likeness (QED) is 0.330. The second-order valence-corrected chi connectivity index (χ2v) is 7.54. The Kier molecular flexibility index (Phi) is 5.37. The van der Waals surface area contributed by atoms with Gasteiger partial charge in [-0.05, 0) is 54.1 Å². The Morgan fingerprint density at radius 3 is 2.43 bits per heavy atom. The van der Waals surface area contributed by atoms with Gasteiger partial charge in [0.05, 0.1) is 23.7 Å². The lowest BCUT2D eigenvalue weighted by atomic mass is 10.2. The van der Waals surface area contributed by atoms with E-state index in [1.165, 1.54) is 11.8 Å². The van der Waals surface area contributed by atoms with Gasteiger partial charge in [-0.2, -0.15) is 0 Å². The minimum absolute atomic E-state index is 0.0885. The summed E-state index contributed by atoms with van der Waals surface area (Å²) in [7, 11) is 1.62. The third-order valence-corrected chi connectivity index (χ3v) is 5.62. The van der Waals surface area contributed by atoms with Crippen molar-refractivity contribution in [3.05, 3.63) is 93.7 Å². The summed E-state index contributed by atoms with van der Waals surface area (Å²) in [4.78, 5) is 18.0. The Hall–Kier alpha value is -2.76. The highest BCUT2D eigenvalue weighted by atomic mass is 35.5. The van der Waals surface area contributed by atoms with Gasteiger partial charge in [-0.3, -0.25) is 9.36 Å². The normalized spacial score (nSPS) is 10.9. The van der Waals surface area contributed by atoms with Crippen LogP contribution in [0.4, 0.5) is 0 Å². The van der Waals surface area contributed by atoms with E-state index in [2.05, 4.69) is 0 Å². The van der Waals surface area contributed by atoms with Crippen molar-refractivity contribution >= 4 is 34.3 Å². The Labute approximate surface area is 171 Å². The van der Waals surface area contributed by atoms with Crippen molar-refractivity contribution in [1.82, 2.24) is 9.55 Å². The van der Waals surface area contributed by atoms with Crippen molar-refractivity contribution in [2.24, 2.45) is 0 Å². The van der Waals surface area contributed by atoms with Crippen LogP contribution in [-0.2, 0) is 5.75 Å². The summed E-state index contributed by atoms with van der Waals surface area (Å²) < 4.78 is 6.89. The van der Waals surface area contributed by atoms with Crippen LogP contribution in [0.1, 0.15) is 5.56 Å². The minimum Gasteiger partial charge on any atom is -0.497 e. The molecule has 0 aliphatic heterocycles. The summed E-state index contributed by atoms with van der Waals surface area (Å²) in [5, 5.41) is 1.94. The van der Waals surface area contributed by atoms with Crippen LogP contribution in [0.25, 0.3) is 16.6 Å². The zero-order valence-corrected chi connectivity index (χ0v) is 16.7. The van der Waals surface area contributed by atoms with Crippen LogP contribution in [0.2, 0.25) is 5.02 Å². The molecule has 0 unspecified atom stereocenters. The maximum Gasteiger partial charge on any atom is 0.266 e. The molecule has 4 rings (SSSR count). The van der Waals surface area contributed by atoms with E-state index in [0.29, 0.717) is 26.8 Å². The third kappa shape index (κ3) is 3.77. The number of rotatable bonds is 5. The lowest BCUT2D eigenvalue weighted by molar-refractivity contribution is 0.414. The second kappa shape index (κ2) is 8.09. The highest BCUT2D eigenvalue weighted by Gasteiger charge is 2.13. The molecule has 3 aromatic carbocycles. The first-order valence-corrected chi connectivity index (χ1v) is 10.1. The number of halogens is 1. The molecule has 1 heterocycles. The molecule has 0 aliphatic carbocycles. The largest absolute Gasteiger partial charge is 0.497 e. The smallest absolute Gasteiger partial charge is 0.266 e. The number of para-hydroxylation sites is 1. The van der Waals surface area contributed by atoms with Crippen molar-refractivity contribution in [3.8, 4) is 11.4 Å². The zero-order valence-electron chi connectivity index (χ0n) is 15.1. The second-order valence-electron chi connectivity index (χ2n) is 6.17. The van der Waals surface area contributed by atoms with Crippen LogP contribution < -0.4 is 10.3 Å². The Morgan fingerprint density at radius 2 is 1.71 bits per heavy atom. The molecular weight excluding hydrogens is 392 g/mol. The van der Waals surface area contributed by atoms with Gasteiger partial charge in [0.25, 0.3) is 5.56 Å². The van der Waals surface area contributed by atoms with Crippen molar-refractivity contribution < 1.29 is 4.74 Å².